The van der Waals surface area contributed by atoms with Crippen LogP contribution in [0.2, 0.25) is 10.0 Å². The monoisotopic (exact) mass is 774 g/mol. The van der Waals surface area contributed by atoms with Gasteiger partial charge in [-0.2, -0.15) is 5.26 Å². The number of nitrogens with one attached hydrogen (secondary N) is 2. The molecule has 0 bridgehead atoms. The highest BCUT2D eigenvalue weighted by molar-refractivity contribution is 6.31. The van der Waals surface area contributed by atoms with Gasteiger partial charge in [-0.1, -0.05) is 62.2 Å². The van der Waals surface area contributed by atoms with Crippen LogP contribution in [-0.2, 0) is 19.7 Å². The zero-order valence-corrected chi connectivity index (χ0v) is 31.1. The molecule has 1 aliphatic heterocycles. The summed E-state index contributed by atoms with van der Waals surface area (Å²) in [5.41, 5.74) is -2.51. The van der Waals surface area contributed by atoms with E-state index in [1.165, 1.54) is 69.5 Å². The van der Waals surface area contributed by atoms with Gasteiger partial charge in [-0.25, -0.2) is 28.1 Å². The van der Waals surface area contributed by atoms with Gasteiger partial charge in [0.05, 0.1) is 35.5 Å². The van der Waals surface area contributed by atoms with Crippen LogP contribution < -0.4 is 15.4 Å². The van der Waals surface area contributed by atoms with E-state index in [0.717, 1.165) is 6.07 Å². The van der Waals surface area contributed by atoms with Crippen LogP contribution in [0, 0.1) is 28.4 Å². The third-order valence-electron chi connectivity index (χ3n) is 8.73. The van der Waals surface area contributed by atoms with Crippen LogP contribution in [0.4, 0.5) is 24.1 Å². The van der Waals surface area contributed by atoms with Crippen LogP contribution in [0.5, 0.6) is 5.75 Å². The minimum absolute atomic E-state index is 0.00880. The van der Waals surface area contributed by atoms with Crippen molar-refractivity contribution in [3.05, 3.63) is 93.0 Å². The number of hydrogen-bond donors (Lipinski definition) is 3. The number of rotatable bonds is 10. The average Bonchev–Trinajstić information content (AvgIpc) is 3.38. The van der Waals surface area contributed by atoms with Gasteiger partial charge in [0.1, 0.15) is 22.8 Å². The molecule has 1 aliphatic rings. The number of benzene rings is 3. The summed E-state index contributed by atoms with van der Waals surface area (Å²) >= 11 is 12.3. The molecule has 1 saturated heterocycles. The lowest BCUT2D eigenvalue weighted by atomic mass is 9.62. The molecule has 16 heteroatoms. The number of imide groups is 1. The Morgan fingerprint density at radius 2 is 1.79 bits per heavy atom. The van der Waals surface area contributed by atoms with Crippen molar-refractivity contribution in [1.29, 1.82) is 5.26 Å². The van der Waals surface area contributed by atoms with E-state index in [4.69, 9.17) is 42.5 Å². The predicted molar refractivity (Wildman–Crippen MR) is 191 cm³/mol. The van der Waals surface area contributed by atoms with Crippen LogP contribution in [0.3, 0.4) is 0 Å². The van der Waals surface area contributed by atoms with Gasteiger partial charge in [0.15, 0.2) is 0 Å². The van der Waals surface area contributed by atoms with Gasteiger partial charge in [0.2, 0.25) is 12.2 Å². The molecule has 53 heavy (non-hydrogen) atoms. The van der Waals surface area contributed by atoms with E-state index in [2.05, 4.69) is 16.7 Å². The molecule has 3 aromatic rings. The number of anilines is 1. The van der Waals surface area contributed by atoms with Gasteiger partial charge in [0, 0.05) is 36.0 Å². The summed E-state index contributed by atoms with van der Waals surface area (Å²) in [4.78, 5) is 50.9. The minimum Gasteiger partial charge on any atom is -0.495 e. The maximum atomic E-state index is 16.0. The van der Waals surface area contributed by atoms with Gasteiger partial charge in [-0.15, -0.1) is 0 Å². The number of nitrogens with zero attached hydrogens (tertiary/aromatic N) is 2. The first-order valence-electron chi connectivity index (χ1n) is 16.4. The van der Waals surface area contributed by atoms with Crippen LogP contribution >= 0.6 is 23.2 Å². The van der Waals surface area contributed by atoms with Crippen molar-refractivity contribution in [3.8, 4) is 11.8 Å². The molecular formula is C37H38Cl2F2N4O8. The van der Waals surface area contributed by atoms with Crippen molar-refractivity contribution in [3.63, 3.8) is 0 Å². The summed E-state index contributed by atoms with van der Waals surface area (Å²) in [6.07, 6.45) is -4.00. The van der Waals surface area contributed by atoms with E-state index < -0.39 is 70.8 Å². The first-order chi connectivity index (χ1) is 24.9. The Morgan fingerprint density at radius 3 is 2.38 bits per heavy atom. The van der Waals surface area contributed by atoms with Gasteiger partial charge in [-0.3, -0.25) is 4.79 Å². The molecule has 5 atom stereocenters. The van der Waals surface area contributed by atoms with E-state index in [1.54, 1.807) is 0 Å². The second-order valence-corrected chi connectivity index (χ2v) is 14.3. The molecule has 0 radical (unpaired) electrons. The number of halogens is 4. The summed E-state index contributed by atoms with van der Waals surface area (Å²) in [5, 5.41) is 25.9. The molecule has 282 valence electrons. The lowest BCUT2D eigenvalue weighted by Gasteiger charge is -2.37. The van der Waals surface area contributed by atoms with Crippen molar-refractivity contribution in [1.82, 2.24) is 10.2 Å². The first kappa shape index (κ1) is 40.8. The smallest absolute Gasteiger partial charge is 0.422 e. The second-order valence-electron chi connectivity index (χ2n) is 13.5. The van der Waals surface area contributed by atoms with E-state index in [1.807, 2.05) is 20.8 Å². The third kappa shape index (κ3) is 8.64. The number of esters is 1. The van der Waals surface area contributed by atoms with Crippen molar-refractivity contribution >= 4 is 53.0 Å². The Kier molecular flexibility index (Phi) is 12.6. The van der Waals surface area contributed by atoms with E-state index in [9.17, 15) is 24.4 Å². The zero-order valence-electron chi connectivity index (χ0n) is 29.6. The third-order valence-corrected chi connectivity index (χ3v) is 9.26. The molecule has 3 amide bonds. The molecule has 3 N–H and O–H groups in total. The van der Waals surface area contributed by atoms with Crippen LogP contribution in [0.15, 0.2) is 54.6 Å². The normalized spacial score (nSPS) is 20.1. The molecule has 4 rings (SSSR count). The van der Waals surface area contributed by atoms with E-state index in [0.29, 0.717) is 4.90 Å². The van der Waals surface area contributed by atoms with Gasteiger partial charge < -0.3 is 30.0 Å². The molecule has 0 aliphatic carbocycles. The highest BCUT2D eigenvalue weighted by atomic mass is 35.5. The van der Waals surface area contributed by atoms with Gasteiger partial charge in [0.25, 0.3) is 0 Å². The Bertz CT molecular complexity index is 1950. The molecule has 0 unspecified atom stereocenters. The topological polar surface area (TPSA) is 167 Å². The maximum Gasteiger partial charge on any atom is 0.422 e. The molecule has 0 saturated carbocycles. The Hall–Kier alpha value is -4.97. The van der Waals surface area contributed by atoms with E-state index >= 15 is 8.78 Å². The molecule has 0 spiro atoms. The largest absolute Gasteiger partial charge is 0.495 e. The SMILES string of the molecule is CCN(C(=O)O)C(=O)O[C@@H](C)OC(=O)c1ccc(NC(=O)[C@@H]2N[C@@H](CC(C)(C)C)[C@](C#N)(c3ccc(Cl)cc3F)[C@H]2c2cccc(Cl)c2F)c(OC)c1. The van der Waals surface area contributed by atoms with Crippen molar-refractivity contribution in [2.24, 2.45) is 5.41 Å². The summed E-state index contributed by atoms with van der Waals surface area (Å²) in [5.74, 6) is -4.75. The van der Waals surface area contributed by atoms with Crippen LogP contribution in [-0.4, -0.2) is 66.1 Å². The fourth-order valence-corrected chi connectivity index (χ4v) is 6.82. The standard InChI is InChI=1S/C37H38Cl2F2N4O8/c1-7-45(34(48)49)35(50)53-19(2)52-33(47)20-11-14-26(27(15-20)51-6)43-32(46)31-29(22-9-8-10-24(39)30(22)41)37(18-42,28(44-31)17-36(3,4)5)23-13-12-21(38)16-25(23)40/h8-16,19,28-29,31,44H,7,17H2,1-6H3,(H,43,46)(H,48,49)/t19-,28-,29-,31+,37-/m0/s1. The van der Waals surface area contributed by atoms with Crippen molar-refractivity contribution in [2.45, 2.75) is 70.7 Å². The number of amides is 3. The summed E-state index contributed by atoms with van der Waals surface area (Å²) in [6, 6.07) is 11.9. The van der Waals surface area contributed by atoms with Crippen LogP contribution in [0.25, 0.3) is 0 Å². The quantitative estimate of drug-likeness (QED) is 0.136. The number of hydrogen-bond acceptors (Lipinski definition) is 9. The highest BCUT2D eigenvalue weighted by Gasteiger charge is 2.61. The average molecular weight is 776 g/mol. The lowest BCUT2D eigenvalue weighted by molar-refractivity contribution is -0.118. The Balaban J connectivity index is 1.73. The molecule has 1 fully saturated rings. The molecule has 12 nitrogen and oxygen atoms in total. The second kappa shape index (κ2) is 16.4. The number of nitriles is 1. The highest BCUT2D eigenvalue weighted by Crippen LogP contribution is 2.53. The zero-order chi connectivity index (χ0) is 39.4. The van der Waals surface area contributed by atoms with Crippen LogP contribution in [0.1, 0.15) is 68.4 Å². The van der Waals surface area contributed by atoms with Gasteiger partial charge >= 0.3 is 18.2 Å². The summed E-state index contributed by atoms with van der Waals surface area (Å²) < 4.78 is 47.4. The number of ether oxygens (including phenoxy) is 3. The fourth-order valence-electron chi connectivity index (χ4n) is 6.48. The van der Waals surface area contributed by atoms with Gasteiger partial charge in [-0.05, 0) is 60.7 Å². The van der Waals surface area contributed by atoms with Crippen molar-refractivity contribution in [2.75, 3.05) is 19.0 Å². The van der Waals surface area contributed by atoms with E-state index in [-0.39, 0.29) is 51.1 Å². The predicted octanol–water partition coefficient (Wildman–Crippen LogP) is 7.88. The molecule has 1 heterocycles. The molecule has 0 aromatic heterocycles. The number of carbonyl (C=O) groups excluding carboxylic acids is 3. The minimum atomic E-state index is -1.86. The lowest BCUT2D eigenvalue weighted by Crippen LogP contribution is -2.45. The van der Waals surface area contributed by atoms with Crippen molar-refractivity contribution < 1.29 is 47.3 Å². The fraction of sp³-hybridized carbons (Fsp3) is 0.378. The summed E-state index contributed by atoms with van der Waals surface area (Å²) in [6.45, 7) is 8.17. The Morgan fingerprint density at radius 1 is 1.09 bits per heavy atom. The number of carbonyl (C=O) groups is 4. The summed E-state index contributed by atoms with van der Waals surface area (Å²) in [7, 11) is 1.27. The first-order valence-corrected chi connectivity index (χ1v) is 17.1. The number of methoxy groups -OCH3 is 1. The Labute approximate surface area is 314 Å². The number of carboxylic acid groups (broad SMARTS) is 1. The maximum absolute atomic E-state index is 16.0. The molecular weight excluding hydrogens is 737 g/mol. The molecule has 3 aromatic carbocycles.